The third kappa shape index (κ3) is 3.58. The molecule has 0 atom stereocenters. The third-order valence-corrected chi connectivity index (χ3v) is 3.15. The number of rotatable bonds is 4. The summed E-state index contributed by atoms with van der Waals surface area (Å²) in [6.07, 6.45) is 3.75. The highest BCUT2D eigenvalue weighted by Crippen LogP contribution is 2.20. The van der Waals surface area contributed by atoms with Crippen molar-refractivity contribution in [2.45, 2.75) is 6.92 Å². The maximum absolute atomic E-state index is 5.27. The van der Waals surface area contributed by atoms with Crippen molar-refractivity contribution < 1.29 is 4.52 Å². The van der Waals surface area contributed by atoms with Gasteiger partial charge in [0.1, 0.15) is 0 Å². The van der Waals surface area contributed by atoms with Gasteiger partial charge in [0.2, 0.25) is 0 Å². The fourth-order valence-electron chi connectivity index (χ4n) is 2.07. The third-order valence-electron chi connectivity index (χ3n) is 3.15. The molecule has 0 unspecified atom stereocenters. The standard InChI is InChI=1S/C19H16N2O/c1-15-12-18(22-21-15)13-19(17-10-6-3-7-11-17)20-14-16-8-4-2-5-9-16/h2-14H,1H3/b19-13-,20-14?. The van der Waals surface area contributed by atoms with Gasteiger partial charge in [-0.25, -0.2) is 0 Å². The Kier molecular flexibility index (Phi) is 4.25. The Bertz CT molecular complexity index is 787. The average molecular weight is 288 g/mol. The molecule has 0 aliphatic rings. The first kappa shape index (κ1) is 14.0. The Labute approximate surface area is 129 Å². The van der Waals surface area contributed by atoms with Gasteiger partial charge < -0.3 is 4.52 Å². The van der Waals surface area contributed by atoms with E-state index >= 15 is 0 Å². The summed E-state index contributed by atoms with van der Waals surface area (Å²) in [6, 6.07) is 21.9. The first-order chi connectivity index (χ1) is 10.8. The second-order valence-electron chi connectivity index (χ2n) is 4.94. The first-order valence-corrected chi connectivity index (χ1v) is 7.11. The fraction of sp³-hybridized carbons (Fsp3) is 0.0526. The Morgan fingerprint density at radius 3 is 2.32 bits per heavy atom. The molecule has 1 aromatic heterocycles. The zero-order valence-electron chi connectivity index (χ0n) is 12.3. The number of hydrogen-bond donors (Lipinski definition) is 0. The molecule has 0 aliphatic heterocycles. The summed E-state index contributed by atoms with van der Waals surface area (Å²) < 4.78 is 5.27. The summed E-state index contributed by atoms with van der Waals surface area (Å²) in [7, 11) is 0. The van der Waals surface area contributed by atoms with Gasteiger partial charge in [-0.05, 0) is 12.5 Å². The van der Waals surface area contributed by atoms with Crippen molar-refractivity contribution in [2.24, 2.45) is 4.99 Å². The van der Waals surface area contributed by atoms with E-state index in [0.29, 0.717) is 5.76 Å². The van der Waals surface area contributed by atoms with Crippen LogP contribution in [0, 0.1) is 6.92 Å². The van der Waals surface area contributed by atoms with Crippen LogP contribution in [0.2, 0.25) is 0 Å². The zero-order chi connectivity index (χ0) is 15.2. The molecule has 0 N–H and O–H groups in total. The SMILES string of the molecule is Cc1cc(/C=C(\N=Cc2ccccc2)c2ccccc2)on1. The molecular formula is C19H16N2O. The van der Waals surface area contributed by atoms with Crippen molar-refractivity contribution in [3.63, 3.8) is 0 Å². The van der Waals surface area contributed by atoms with Crippen molar-refractivity contribution in [3.8, 4) is 0 Å². The van der Waals surface area contributed by atoms with Gasteiger partial charge in [0.05, 0.1) is 11.4 Å². The van der Waals surface area contributed by atoms with Crippen molar-refractivity contribution in [2.75, 3.05) is 0 Å². The lowest BCUT2D eigenvalue weighted by Gasteiger charge is -2.01. The van der Waals surface area contributed by atoms with Gasteiger partial charge in [0, 0.05) is 23.9 Å². The smallest absolute Gasteiger partial charge is 0.162 e. The summed E-state index contributed by atoms with van der Waals surface area (Å²) in [5, 5.41) is 3.91. The largest absolute Gasteiger partial charge is 0.357 e. The molecule has 1 heterocycles. The summed E-state index contributed by atoms with van der Waals surface area (Å²) in [5.74, 6) is 0.696. The van der Waals surface area contributed by atoms with Gasteiger partial charge in [-0.1, -0.05) is 65.8 Å². The number of aliphatic imine (C=N–C) groups is 1. The minimum absolute atomic E-state index is 0.696. The molecule has 3 nitrogen and oxygen atoms in total. The molecule has 0 saturated carbocycles. The fourth-order valence-corrected chi connectivity index (χ4v) is 2.07. The molecule has 3 rings (SSSR count). The second kappa shape index (κ2) is 6.68. The van der Waals surface area contributed by atoms with E-state index in [-0.39, 0.29) is 0 Å². The van der Waals surface area contributed by atoms with Gasteiger partial charge >= 0.3 is 0 Å². The quantitative estimate of drug-likeness (QED) is 0.658. The Morgan fingerprint density at radius 2 is 1.68 bits per heavy atom. The normalized spacial score (nSPS) is 12.0. The summed E-state index contributed by atoms with van der Waals surface area (Å²) in [5.41, 5.74) is 3.77. The van der Waals surface area contributed by atoms with Gasteiger partial charge in [-0.3, -0.25) is 4.99 Å². The van der Waals surface area contributed by atoms with E-state index in [1.165, 1.54) is 0 Å². The van der Waals surface area contributed by atoms with Gasteiger partial charge in [0.25, 0.3) is 0 Å². The number of hydrogen-bond acceptors (Lipinski definition) is 3. The van der Waals surface area contributed by atoms with Gasteiger partial charge in [0.15, 0.2) is 5.76 Å². The summed E-state index contributed by atoms with van der Waals surface area (Å²) in [6.45, 7) is 1.90. The van der Waals surface area contributed by atoms with E-state index in [4.69, 9.17) is 4.52 Å². The van der Waals surface area contributed by atoms with Crippen LogP contribution >= 0.6 is 0 Å². The van der Waals surface area contributed by atoms with Gasteiger partial charge in [-0.15, -0.1) is 0 Å². The van der Waals surface area contributed by atoms with Crippen molar-refractivity contribution in [3.05, 3.63) is 89.3 Å². The molecule has 3 aromatic rings. The predicted molar refractivity (Wildman–Crippen MR) is 89.6 cm³/mol. The van der Waals surface area contributed by atoms with Crippen LogP contribution in [0.15, 0.2) is 76.2 Å². The van der Waals surface area contributed by atoms with E-state index < -0.39 is 0 Å². The van der Waals surface area contributed by atoms with Crippen LogP contribution in [-0.2, 0) is 0 Å². The van der Waals surface area contributed by atoms with Gasteiger partial charge in [-0.2, -0.15) is 0 Å². The van der Waals surface area contributed by atoms with Crippen molar-refractivity contribution >= 4 is 18.0 Å². The predicted octanol–water partition coefficient (Wildman–Crippen LogP) is 4.60. The van der Waals surface area contributed by atoms with E-state index in [1.807, 2.05) is 85.9 Å². The van der Waals surface area contributed by atoms with Crippen LogP contribution in [0.25, 0.3) is 11.8 Å². The minimum atomic E-state index is 0.696. The molecule has 22 heavy (non-hydrogen) atoms. The van der Waals surface area contributed by atoms with E-state index in [2.05, 4.69) is 10.1 Å². The highest BCUT2D eigenvalue weighted by Gasteiger charge is 2.03. The number of nitrogens with zero attached hydrogens (tertiary/aromatic N) is 2. The molecule has 3 heteroatoms. The molecule has 0 bridgehead atoms. The second-order valence-corrected chi connectivity index (χ2v) is 4.94. The maximum atomic E-state index is 5.27. The zero-order valence-corrected chi connectivity index (χ0v) is 12.3. The van der Waals surface area contributed by atoms with E-state index in [0.717, 1.165) is 22.5 Å². The first-order valence-electron chi connectivity index (χ1n) is 7.11. The lowest BCUT2D eigenvalue weighted by atomic mass is 10.1. The Balaban J connectivity index is 1.96. The lowest BCUT2D eigenvalue weighted by Crippen LogP contribution is -1.84. The van der Waals surface area contributed by atoms with Crippen LogP contribution in [-0.4, -0.2) is 11.4 Å². The molecule has 0 radical (unpaired) electrons. The van der Waals surface area contributed by atoms with Crippen molar-refractivity contribution in [1.29, 1.82) is 0 Å². The van der Waals surface area contributed by atoms with Crippen LogP contribution in [0.4, 0.5) is 0 Å². The van der Waals surface area contributed by atoms with Crippen LogP contribution in [0.5, 0.6) is 0 Å². The maximum Gasteiger partial charge on any atom is 0.162 e. The topological polar surface area (TPSA) is 38.4 Å². The molecule has 0 aliphatic carbocycles. The molecule has 0 fully saturated rings. The molecule has 2 aromatic carbocycles. The molecule has 0 saturated heterocycles. The highest BCUT2D eigenvalue weighted by molar-refractivity contribution is 5.89. The number of aryl methyl sites for hydroxylation is 1. The van der Waals surface area contributed by atoms with Crippen LogP contribution < -0.4 is 0 Å². The number of aromatic nitrogens is 1. The monoisotopic (exact) mass is 288 g/mol. The Morgan fingerprint density at radius 1 is 1.00 bits per heavy atom. The molecular weight excluding hydrogens is 272 g/mol. The minimum Gasteiger partial charge on any atom is -0.357 e. The summed E-state index contributed by atoms with van der Waals surface area (Å²) in [4.78, 5) is 4.62. The lowest BCUT2D eigenvalue weighted by molar-refractivity contribution is 0.408. The van der Waals surface area contributed by atoms with Crippen LogP contribution in [0.3, 0.4) is 0 Å². The molecule has 108 valence electrons. The Hall–Kier alpha value is -2.94. The van der Waals surface area contributed by atoms with Crippen molar-refractivity contribution in [1.82, 2.24) is 5.16 Å². The molecule has 0 spiro atoms. The van der Waals surface area contributed by atoms with E-state index in [1.54, 1.807) is 0 Å². The van der Waals surface area contributed by atoms with E-state index in [9.17, 15) is 0 Å². The molecule has 0 amide bonds. The average Bonchev–Trinajstić information content (AvgIpc) is 2.98. The number of benzene rings is 2. The summed E-state index contributed by atoms with van der Waals surface area (Å²) >= 11 is 0. The highest BCUT2D eigenvalue weighted by atomic mass is 16.5. The van der Waals surface area contributed by atoms with Crippen LogP contribution in [0.1, 0.15) is 22.6 Å².